The molecule has 100 valence electrons. The predicted octanol–water partition coefficient (Wildman–Crippen LogP) is 1.43. The Balaban J connectivity index is 2.48. The fourth-order valence-electron chi connectivity index (χ4n) is 2.23. The number of hydrogen-bond acceptors (Lipinski definition) is 3. The second-order valence-corrected chi connectivity index (χ2v) is 6.93. The fourth-order valence-corrected chi connectivity index (χ4v) is 3.77. The maximum absolute atomic E-state index is 12.3. The molecule has 1 N–H and O–H groups in total. The lowest BCUT2D eigenvalue weighted by Gasteiger charge is -2.26. The van der Waals surface area contributed by atoms with Crippen LogP contribution in [0.4, 0.5) is 5.69 Å². The van der Waals surface area contributed by atoms with Crippen LogP contribution in [0.15, 0.2) is 18.2 Å². The number of aryl methyl sites for hydroxylation is 1. The van der Waals surface area contributed by atoms with Crippen molar-refractivity contribution in [1.82, 2.24) is 5.32 Å². The van der Waals surface area contributed by atoms with E-state index in [0.29, 0.717) is 13.1 Å². The number of rotatable bonds is 1. The minimum Gasteiger partial charge on any atom is -0.311 e. The van der Waals surface area contributed by atoms with Crippen LogP contribution in [0.5, 0.6) is 0 Å². The highest BCUT2D eigenvalue weighted by molar-refractivity contribution is 7.92. The number of benzene rings is 1. The highest BCUT2D eigenvalue weighted by Gasteiger charge is 2.28. The lowest BCUT2D eigenvalue weighted by molar-refractivity contribution is 0.586. The van der Waals surface area contributed by atoms with Gasteiger partial charge in [0.2, 0.25) is 10.0 Å². The van der Waals surface area contributed by atoms with Crippen LogP contribution in [-0.4, -0.2) is 33.3 Å². The van der Waals surface area contributed by atoms with E-state index in [1.165, 1.54) is 0 Å². The van der Waals surface area contributed by atoms with Gasteiger partial charge < -0.3 is 5.32 Å². The number of hydrogen-bond donors (Lipinski definition) is 1. The van der Waals surface area contributed by atoms with E-state index >= 15 is 0 Å². The van der Waals surface area contributed by atoms with E-state index in [-0.39, 0.29) is 11.8 Å². The molecule has 1 fully saturated rings. The van der Waals surface area contributed by atoms with E-state index in [1.54, 1.807) is 4.31 Å². The molecule has 1 aliphatic rings. The molecule has 18 heavy (non-hydrogen) atoms. The van der Waals surface area contributed by atoms with Crippen LogP contribution in [0.2, 0.25) is 0 Å². The lowest BCUT2D eigenvalue weighted by Crippen LogP contribution is -2.38. The van der Waals surface area contributed by atoms with E-state index in [2.05, 4.69) is 5.32 Å². The second-order valence-electron chi connectivity index (χ2n) is 4.92. The van der Waals surface area contributed by atoms with Crippen molar-refractivity contribution in [3.63, 3.8) is 0 Å². The molecular formula is C13H20N2O2S. The Hall–Kier alpha value is -1.07. The van der Waals surface area contributed by atoms with Gasteiger partial charge in [0.25, 0.3) is 0 Å². The molecule has 4 nitrogen and oxygen atoms in total. The van der Waals surface area contributed by atoms with Crippen molar-refractivity contribution in [2.75, 3.05) is 23.1 Å². The third-order valence-corrected chi connectivity index (χ3v) is 5.21. The highest BCUT2D eigenvalue weighted by atomic mass is 32.2. The average molecular weight is 268 g/mol. The van der Waals surface area contributed by atoms with E-state index in [9.17, 15) is 8.42 Å². The Bertz CT molecular complexity index is 540. The zero-order valence-electron chi connectivity index (χ0n) is 11.1. The minimum absolute atomic E-state index is 0.157. The van der Waals surface area contributed by atoms with Gasteiger partial charge in [0, 0.05) is 19.1 Å². The first-order valence-electron chi connectivity index (χ1n) is 6.22. The van der Waals surface area contributed by atoms with Gasteiger partial charge in [-0.3, -0.25) is 4.31 Å². The molecule has 1 saturated heterocycles. The Morgan fingerprint density at radius 3 is 2.78 bits per heavy atom. The van der Waals surface area contributed by atoms with E-state index in [1.807, 2.05) is 39.0 Å². The molecule has 0 spiro atoms. The molecule has 0 aromatic heterocycles. The van der Waals surface area contributed by atoms with E-state index < -0.39 is 10.0 Å². The first-order valence-corrected chi connectivity index (χ1v) is 7.83. The summed E-state index contributed by atoms with van der Waals surface area (Å²) >= 11 is 0. The summed E-state index contributed by atoms with van der Waals surface area (Å²) in [6.07, 6.45) is 0. The van der Waals surface area contributed by atoms with Gasteiger partial charge in [-0.05, 0) is 38.0 Å². The van der Waals surface area contributed by atoms with Crippen molar-refractivity contribution < 1.29 is 8.42 Å². The van der Waals surface area contributed by atoms with Gasteiger partial charge in [0.1, 0.15) is 0 Å². The van der Waals surface area contributed by atoms with Crippen LogP contribution in [-0.2, 0) is 10.0 Å². The fraction of sp³-hybridized carbons (Fsp3) is 0.538. The summed E-state index contributed by atoms with van der Waals surface area (Å²) in [6.45, 7) is 7.00. The Labute approximate surface area is 109 Å². The quantitative estimate of drug-likeness (QED) is 0.838. The van der Waals surface area contributed by atoms with Crippen molar-refractivity contribution in [2.24, 2.45) is 0 Å². The molecular weight excluding hydrogens is 248 g/mol. The van der Waals surface area contributed by atoms with Crippen LogP contribution >= 0.6 is 0 Å². The zero-order chi connectivity index (χ0) is 13.3. The molecule has 1 aromatic rings. The Morgan fingerprint density at radius 2 is 2.06 bits per heavy atom. The molecule has 1 aromatic carbocycles. The molecule has 0 aliphatic carbocycles. The molecule has 1 aliphatic heterocycles. The molecule has 1 heterocycles. The maximum atomic E-state index is 12.3. The van der Waals surface area contributed by atoms with Gasteiger partial charge in [0.15, 0.2) is 0 Å². The van der Waals surface area contributed by atoms with Crippen LogP contribution < -0.4 is 9.62 Å². The van der Waals surface area contributed by atoms with E-state index in [4.69, 9.17) is 0 Å². The van der Waals surface area contributed by atoms with Crippen molar-refractivity contribution in [3.8, 4) is 0 Å². The molecule has 0 saturated carbocycles. The topological polar surface area (TPSA) is 49.4 Å². The van der Waals surface area contributed by atoms with Crippen LogP contribution in [0.1, 0.15) is 18.1 Å². The molecule has 5 heteroatoms. The summed E-state index contributed by atoms with van der Waals surface area (Å²) in [5.74, 6) is 0.157. The number of sulfonamides is 1. The van der Waals surface area contributed by atoms with Gasteiger partial charge >= 0.3 is 0 Å². The summed E-state index contributed by atoms with van der Waals surface area (Å²) < 4.78 is 26.2. The van der Waals surface area contributed by atoms with Gasteiger partial charge in [-0.15, -0.1) is 0 Å². The maximum Gasteiger partial charge on any atom is 0.236 e. The second kappa shape index (κ2) is 4.90. The molecule has 0 radical (unpaired) electrons. The first kappa shape index (κ1) is 13.4. The first-order chi connectivity index (χ1) is 8.42. The normalized spacial score (nSPS) is 23.7. The van der Waals surface area contributed by atoms with Gasteiger partial charge in [-0.25, -0.2) is 8.42 Å². The Morgan fingerprint density at radius 1 is 1.33 bits per heavy atom. The summed E-state index contributed by atoms with van der Waals surface area (Å²) in [4.78, 5) is 0. The number of anilines is 1. The van der Waals surface area contributed by atoms with Gasteiger partial charge in [0.05, 0.1) is 11.4 Å². The zero-order valence-corrected chi connectivity index (χ0v) is 11.9. The minimum atomic E-state index is -3.21. The summed E-state index contributed by atoms with van der Waals surface area (Å²) in [5.41, 5.74) is 2.97. The van der Waals surface area contributed by atoms with Gasteiger partial charge in [-0.1, -0.05) is 12.1 Å². The monoisotopic (exact) mass is 268 g/mol. The SMILES string of the molecule is Cc1cccc(N2CC(C)NCCS2(=O)=O)c1C. The van der Waals surface area contributed by atoms with E-state index in [0.717, 1.165) is 16.8 Å². The number of nitrogens with zero attached hydrogens (tertiary/aromatic N) is 1. The number of nitrogens with one attached hydrogen (secondary N) is 1. The Kier molecular flexibility index (Phi) is 3.64. The largest absolute Gasteiger partial charge is 0.311 e. The predicted molar refractivity (Wildman–Crippen MR) is 74.5 cm³/mol. The summed E-state index contributed by atoms with van der Waals surface area (Å²) in [5, 5.41) is 3.21. The molecule has 0 amide bonds. The van der Waals surface area contributed by atoms with Crippen LogP contribution in [0.3, 0.4) is 0 Å². The molecule has 2 rings (SSSR count). The van der Waals surface area contributed by atoms with Crippen LogP contribution in [0, 0.1) is 13.8 Å². The third kappa shape index (κ3) is 2.52. The smallest absolute Gasteiger partial charge is 0.236 e. The lowest BCUT2D eigenvalue weighted by atomic mass is 10.1. The molecule has 1 atom stereocenters. The molecule has 0 bridgehead atoms. The van der Waals surface area contributed by atoms with Crippen molar-refractivity contribution in [1.29, 1.82) is 0 Å². The average Bonchev–Trinajstić information content (AvgIpc) is 2.42. The van der Waals surface area contributed by atoms with Crippen molar-refractivity contribution in [2.45, 2.75) is 26.8 Å². The van der Waals surface area contributed by atoms with Crippen molar-refractivity contribution >= 4 is 15.7 Å². The van der Waals surface area contributed by atoms with Gasteiger partial charge in [-0.2, -0.15) is 0 Å². The summed E-state index contributed by atoms with van der Waals surface area (Å²) in [6, 6.07) is 5.97. The molecule has 1 unspecified atom stereocenters. The summed E-state index contributed by atoms with van der Waals surface area (Å²) in [7, 11) is -3.21. The van der Waals surface area contributed by atoms with Crippen molar-refractivity contribution in [3.05, 3.63) is 29.3 Å². The third-order valence-electron chi connectivity index (χ3n) is 3.47. The standard InChI is InChI=1S/C13H20N2O2S/c1-10-5-4-6-13(12(10)3)15-9-11(2)14-7-8-18(15,16)17/h4-6,11,14H,7-9H2,1-3H3. The van der Waals surface area contributed by atoms with Crippen LogP contribution in [0.25, 0.3) is 0 Å². The highest BCUT2D eigenvalue weighted by Crippen LogP contribution is 2.26.